The predicted octanol–water partition coefficient (Wildman–Crippen LogP) is 2.05. The summed E-state index contributed by atoms with van der Waals surface area (Å²) in [7, 11) is 0. The molecule has 0 saturated carbocycles. The molecular formula is C21H28N4O4. The highest BCUT2D eigenvalue weighted by molar-refractivity contribution is 5.96. The number of nitrogens with zero attached hydrogens (tertiary/aromatic N) is 2. The minimum absolute atomic E-state index is 0.103. The van der Waals surface area contributed by atoms with Gasteiger partial charge in [-0.05, 0) is 51.5 Å². The first-order chi connectivity index (χ1) is 13.5. The molecule has 0 bridgehead atoms. The highest BCUT2D eigenvalue weighted by Crippen LogP contribution is 2.29. The third-order valence-corrected chi connectivity index (χ3v) is 4.65. The van der Waals surface area contributed by atoms with Crippen LogP contribution < -0.4 is 10.6 Å². The van der Waals surface area contributed by atoms with Crippen LogP contribution in [0.3, 0.4) is 0 Å². The Bertz CT molecular complexity index is 807. The molecule has 156 valence electrons. The second-order valence-corrected chi connectivity index (χ2v) is 8.60. The number of carbonyl (C=O) groups excluding carboxylic acids is 3. The van der Waals surface area contributed by atoms with Crippen molar-refractivity contribution in [3.05, 3.63) is 35.4 Å². The summed E-state index contributed by atoms with van der Waals surface area (Å²) in [5.41, 5.74) is 0.0538. The molecule has 1 saturated heterocycles. The van der Waals surface area contributed by atoms with Gasteiger partial charge in [-0.15, -0.1) is 0 Å². The molecule has 0 aromatic heterocycles. The molecule has 1 fully saturated rings. The molecule has 0 radical (unpaired) electrons. The minimum Gasteiger partial charge on any atom is -0.444 e. The lowest BCUT2D eigenvalue weighted by molar-refractivity contribution is -0.129. The number of carbonyl (C=O) groups is 3. The van der Waals surface area contributed by atoms with E-state index in [1.807, 2.05) is 13.0 Å². The maximum atomic E-state index is 12.5. The normalized spacial score (nSPS) is 18.7. The van der Waals surface area contributed by atoms with Crippen LogP contribution in [0.25, 0.3) is 0 Å². The van der Waals surface area contributed by atoms with Crippen molar-refractivity contribution in [1.82, 2.24) is 15.5 Å². The van der Waals surface area contributed by atoms with Crippen molar-refractivity contribution >= 4 is 17.9 Å². The van der Waals surface area contributed by atoms with E-state index in [-0.39, 0.29) is 23.8 Å². The first kappa shape index (κ1) is 22.2. The van der Waals surface area contributed by atoms with Crippen molar-refractivity contribution in [3.63, 3.8) is 0 Å². The van der Waals surface area contributed by atoms with E-state index in [4.69, 9.17) is 10.00 Å². The fourth-order valence-electron chi connectivity index (χ4n) is 3.05. The van der Waals surface area contributed by atoms with Crippen molar-refractivity contribution in [3.8, 4) is 6.07 Å². The molecular weight excluding hydrogens is 372 g/mol. The minimum atomic E-state index is -0.560. The molecule has 0 spiro atoms. The van der Waals surface area contributed by atoms with Gasteiger partial charge in [-0.25, -0.2) is 4.79 Å². The first-order valence-electron chi connectivity index (χ1n) is 9.54. The molecule has 0 aliphatic carbocycles. The number of rotatable bonds is 5. The van der Waals surface area contributed by atoms with E-state index in [0.717, 1.165) is 6.42 Å². The van der Waals surface area contributed by atoms with Gasteiger partial charge in [0.2, 0.25) is 5.91 Å². The van der Waals surface area contributed by atoms with E-state index in [0.29, 0.717) is 30.8 Å². The molecule has 1 atom stereocenters. The van der Waals surface area contributed by atoms with Gasteiger partial charge in [-0.3, -0.25) is 9.59 Å². The number of amides is 3. The van der Waals surface area contributed by atoms with Gasteiger partial charge >= 0.3 is 6.09 Å². The second kappa shape index (κ2) is 8.95. The predicted molar refractivity (Wildman–Crippen MR) is 107 cm³/mol. The first-order valence-corrected chi connectivity index (χ1v) is 9.54. The Labute approximate surface area is 171 Å². The molecule has 1 aliphatic rings. The smallest absolute Gasteiger partial charge is 0.407 e. The number of nitrogens with one attached hydrogen (secondary N) is 2. The average molecular weight is 400 g/mol. The summed E-state index contributed by atoms with van der Waals surface area (Å²) >= 11 is 0. The largest absolute Gasteiger partial charge is 0.444 e. The number of nitriles is 1. The number of hydrogen-bond acceptors (Lipinski definition) is 5. The Hall–Kier alpha value is -3.08. The van der Waals surface area contributed by atoms with E-state index in [9.17, 15) is 14.4 Å². The van der Waals surface area contributed by atoms with Gasteiger partial charge in [-0.2, -0.15) is 5.26 Å². The van der Waals surface area contributed by atoms with Crippen LogP contribution in [0.1, 0.15) is 50.0 Å². The lowest BCUT2D eigenvalue weighted by Gasteiger charge is -2.26. The molecule has 3 amide bonds. The molecule has 2 rings (SSSR count). The lowest BCUT2D eigenvalue weighted by Crippen LogP contribution is -2.43. The maximum Gasteiger partial charge on any atom is 0.407 e. The lowest BCUT2D eigenvalue weighted by atomic mass is 9.90. The molecule has 1 aromatic carbocycles. The van der Waals surface area contributed by atoms with Gasteiger partial charge in [0.1, 0.15) is 5.60 Å². The van der Waals surface area contributed by atoms with E-state index in [1.54, 1.807) is 49.9 Å². The van der Waals surface area contributed by atoms with Gasteiger partial charge < -0.3 is 20.3 Å². The zero-order chi connectivity index (χ0) is 21.7. The van der Waals surface area contributed by atoms with Crippen LogP contribution in [-0.4, -0.2) is 54.6 Å². The molecule has 2 N–H and O–H groups in total. The molecule has 8 heteroatoms. The van der Waals surface area contributed by atoms with Crippen molar-refractivity contribution in [2.75, 3.05) is 26.2 Å². The number of alkyl carbamates (subject to hydrolysis) is 1. The van der Waals surface area contributed by atoms with Gasteiger partial charge in [0.15, 0.2) is 0 Å². The van der Waals surface area contributed by atoms with E-state index < -0.39 is 11.7 Å². The van der Waals surface area contributed by atoms with Crippen LogP contribution in [-0.2, 0) is 9.53 Å². The highest BCUT2D eigenvalue weighted by Gasteiger charge is 2.36. The number of benzene rings is 1. The summed E-state index contributed by atoms with van der Waals surface area (Å²) in [6, 6.07) is 8.20. The molecule has 1 aliphatic heterocycles. The van der Waals surface area contributed by atoms with Gasteiger partial charge in [0, 0.05) is 30.6 Å². The Balaban J connectivity index is 1.79. The Kier molecular flexibility index (Phi) is 6.85. The zero-order valence-corrected chi connectivity index (χ0v) is 17.4. The summed E-state index contributed by atoms with van der Waals surface area (Å²) in [4.78, 5) is 38.1. The summed E-state index contributed by atoms with van der Waals surface area (Å²) in [6.07, 6.45) is 0.274. The third-order valence-electron chi connectivity index (χ3n) is 4.65. The Morgan fingerprint density at radius 1 is 1.21 bits per heavy atom. The fraction of sp³-hybridized carbons (Fsp3) is 0.524. The van der Waals surface area contributed by atoms with Gasteiger partial charge in [-0.1, -0.05) is 6.92 Å². The second-order valence-electron chi connectivity index (χ2n) is 8.60. The summed E-state index contributed by atoms with van der Waals surface area (Å²) < 4.78 is 5.24. The molecule has 1 heterocycles. The third kappa shape index (κ3) is 6.79. The van der Waals surface area contributed by atoms with Gasteiger partial charge in [0.05, 0.1) is 18.2 Å². The molecule has 1 aromatic rings. The zero-order valence-electron chi connectivity index (χ0n) is 17.4. The van der Waals surface area contributed by atoms with Crippen molar-refractivity contribution in [2.24, 2.45) is 5.41 Å². The van der Waals surface area contributed by atoms with E-state index in [1.165, 1.54) is 0 Å². The van der Waals surface area contributed by atoms with Crippen LogP contribution in [0.5, 0.6) is 0 Å². The van der Waals surface area contributed by atoms with Crippen LogP contribution in [0, 0.1) is 16.7 Å². The molecule has 8 nitrogen and oxygen atoms in total. The van der Waals surface area contributed by atoms with E-state index >= 15 is 0 Å². The van der Waals surface area contributed by atoms with Crippen LogP contribution in [0.15, 0.2) is 24.3 Å². The Morgan fingerprint density at radius 3 is 2.45 bits per heavy atom. The standard InChI is InChI=1S/C21H28N4O4/c1-20(2,3)29-19(28)24-13-21(4)9-10-25(14-21)17(26)12-23-18(27)16-7-5-15(11-22)6-8-16/h5-8H,9-10,12-14H2,1-4H3,(H,23,27)(H,24,28). The topological polar surface area (TPSA) is 112 Å². The molecule has 1 unspecified atom stereocenters. The van der Waals surface area contributed by atoms with Gasteiger partial charge in [0.25, 0.3) is 5.91 Å². The van der Waals surface area contributed by atoms with Crippen molar-refractivity contribution in [1.29, 1.82) is 5.26 Å². The fourth-order valence-corrected chi connectivity index (χ4v) is 3.05. The van der Waals surface area contributed by atoms with Crippen molar-refractivity contribution < 1.29 is 19.1 Å². The summed E-state index contributed by atoms with van der Waals surface area (Å²) in [6.45, 7) is 8.78. The average Bonchev–Trinajstić information content (AvgIpc) is 3.06. The van der Waals surface area contributed by atoms with Crippen LogP contribution >= 0.6 is 0 Å². The van der Waals surface area contributed by atoms with E-state index in [2.05, 4.69) is 10.6 Å². The summed E-state index contributed by atoms with van der Waals surface area (Å²) in [5.74, 6) is -0.538. The van der Waals surface area contributed by atoms with Crippen LogP contribution in [0.4, 0.5) is 4.79 Å². The maximum absolute atomic E-state index is 12.5. The SMILES string of the molecule is CC1(CNC(=O)OC(C)(C)C)CCN(C(=O)CNC(=O)c2ccc(C#N)cc2)C1. The number of hydrogen-bond donors (Lipinski definition) is 2. The Morgan fingerprint density at radius 2 is 1.86 bits per heavy atom. The van der Waals surface area contributed by atoms with Crippen LogP contribution in [0.2, 0.25) is 0 Å². The molecule has 29 heavy (non-hydrogen) atoms. The quantitative estimate of drug-likeness (QED) is 0.786. The summed E-state index contributed by atoms with van der Waals surface area (Å²) in [5, 5.41) is 14.2. The number of likely N-dealkylation sites (tertiary alicyclic amines) is 1. The van der Waals surface area contributed by atoms with Crippen molar-refractivity contribution in [2.45, 2.75) is 39.7 Å². The highest BCUT2D eigenvalue weighted by atomic mass is 16.6. The monoisotopic (exact) mass is 400 g/mol. The number of ether oxygens (including phenoxy) is 1.